The Kier molecular flexibility index (Phi) is 4.90. The molecular weight excluding hydrogens is 250 g/mol. The molecule has 102 valence electrons. The van der Waals surface area contributed by atoms with Crippen LogP contribution < -0.4 is 10.2 Å². The largest absolute Gasteiger partial charge is 0.616 e. The lowest BCUT2D eigenvalue weighted by molar-refractivity contribution is 0.371. The van der Waals surface area contributed by atoms with Gasteiger partial charge in [-0.05, 0) is 23.1 Å². The van der Waals surface area contributed by atoms with Crippen molar-refractivity contribution in [2.45, 2.75) is 31.9 Å². The van der Waals surface area contributed by atoms with Crippen molar-refractivity contribution in [3.8, 4) is 5.75 Å². The molecule has 1 aromatic rings. The molecule has 0 aliphatic carbocycles. The maximum atomic E-state index is 11.4. The second-order valence-corrected chi connectivity index (χ2v) is 6.73. The van der Waals surface area contributed by atoms with Gasteiger partial charge in [-0.15, -0.1) is 0 Å². The Hall–Kier alpha value is -0.910. The molecule has 18 heavy (non-hydrogen) atoms. The highest BCUT2D eigenvalue weighted by Gasteiger charge is 2.20. The van der Waals surface area contributed by atoms with Crippen LogP contribution >= 0.6 is 0 Å². The molecule has 0 aromatic heterocycles. The predicted octanol–water partition coefficient (Wildman–Crippen LogP) is 2.67. The Balaban J connectivity index is 3.36. The summed E-state index contributed by atoms with van der Waals surface area (Å²) in [4.78, 5) is 0. The highest BCUT2D eigenvalue weighted by atomic mass is 32.2. The third kappa shape index (κ3) is 3.54. The van der Waals surface area contributed by atoms with E-state index in [1.807, 2.05) is 12.1 Å². The van der Waals surface area contributed by atoms with Crippen molar-refractivity contribution in [3.63, 3.8) is 0 Å². The van der Waals surface area contributed by atoms with Gasteiger partial charge in [-0.3, -0.25) is 10.7 Å². The van der Waals surface area contributed by atoms with Gasteiger partial charge >= 0.3 is 0 Å². The number of nitrogens with one attached hydrogen (secondary N) is 1. The molecule has 0 radical (unpaired) electrons. The number of benzene rings is 1. The summed E-state index contributed by atoms with van der Waals surface area (Å²) in [6.45, 7) is 6.26. The maximum absolute atomic E-state index is 11.4. The number of anilines is 1. The second-order valence-electron chi connectivity index (χ2n) is 5.30. The lowest BCUT2D eigenvalue weighted by atomic mass is 9.85. The molecule has 0 amide bonds. The van der Waals surface area contributed by atoms with Crippen LogP contribution in [0.4, 0.5) is 5.69 Å². The van der Waals surface area contributed by atoms with E-state index >= 15 is 0 Å². The van der Waals surface area contributed by atoms with Crippen LogP contribution in [0.25, 0.3) is 0 Å². The normalized spacial score (nSPS) is 13.3. The first-order chi connectivity index (χ1) is 8.29. The highest BCUT2D eigenvalue weighted by Crippen LogP contribution is 2.35. The first-order valence-electron chi connectivity index (χ1n) is 5.71. The zero-order chi connectivity index (χ0) is 13.9. The van der Waals surface area contributed by atoms with Crippen molar-refractivity contribution in [2.75, 3.05) is 18.8 Å². The van der Waals surface area contributed by atoms with Crippen molar-refractivity contribution in [3.05, 3.63) is 23.3 Å². The fraction of sp³-hybridized carbons (Fsp3) is 0.538. The topological polar surface area (TPSA) is 64.5 Å². The average Bonchev–Trinajstić information content (AvgIpc) is 2.25. The molecule has 0 saturated carbocycles. The molecule has 0 fully saturated rings. The molecule has 0 aliphatic rings. The lowest BCUT2D eigenvalue weighted by Gasteiger charge is -2.23. The highest BCUT2D eigenvalue weighted by molar-refractivity contribution is 7.89. The lowest BCUT2D eigenvalue weighted by Crippen LogP contribution is -2.14. The van der Waals surface area contributed by atoms with E-state index in [-0.39, 0.29) is 5.41 Å². The first-order valence-corrected chi connectivity index (χ1v) is 7.44. The van der Waals surface area contributed by atoms with Crippen LogP contribution in [-0.4, -0.2) is 23.1 Å². The van der Waals surface area contributed by atoms with Crippen LogP contribution in [0.3, 0.4) is 0 Å². The van der Waals surface area contributed by atoms with E-state index in [2.05, 4.69) is 26.3 Å². The SMILES string of the molecule is COc1c(C[S+](C)[O-])cc(C(C)(C)C)cc1NO. The fourth-order valence-corrected chi connectivity index (χ4v) is 2.42. The molecule has 1 unspecified atom stereocenters. The average molecular weight is 271 g/mol. The maximum Gasteiger partial charge on any atom is 0.152 e. The van der Waals surface area contributed by atoms with E-state index in [1.165, 1.54) is 7.11 Å². The number of hydrogen-bond acceptors (Lipinski definition) is 4. The van der Waals surface area contributed by atoms with Crippen LogP contribution in [0, 0.1) is 0 Å². The third-order valence-corrected chi connectivity index (χ3v) is 3.43. The van der Waals surface area contributed by atoms with Crippen molar-refractivity contribution in [1.82, 2.24) is 0 Å². The molecule has 5 heteroatoms. The van der Waals surface area contributed by atoms with Crippen molar-refractivity contribution < 1.29 is 14.5 Å². The van der Waals surface area contributed by atoms with Gasteiger partial charge in [-0.1, -0.05) is 31.9 Å². The van der Waals surface area contributed by atoms with Crippen LogP contribution in [0.1, 0.15) is 31.9 Å². The van der Waals surface area contributed by atoms with Crippen LogP contribution in [0.15, 0.2) is 12.1 Å². The Morgan fingerprint density at radius 3 is 2.39 bits per heavy atom. The predicted molar refractivity (Wildman–Crippen MR) is 74.9 cm³/mol. The van der Waals surface area contributed by atoms with E-state index < -0.39 is 11.2 Å². The third-order valence-electron chi connectivity index (χ3n) is 2.72. The van der Waals surface area contributed by atoms with Crippen LogP contribution in [0.2, 0.25) is 0 Å². The van der Waals surface area contributed by atoms with Gasteiger partial charge in [0, 0.05) is 5.56 Å². The van der Waals surface area contributed by atoms with E-state index in [1.54, 1.807) is 6.26 Å². The first kappa shape index (κ1) is 15.1. The van der Waals surface area contributed by atoms with E-state index in [9.17, 15) is 9.76 Å². The van der Waals surface area contributed by atoms with E-state index in [4.69, 9.17) is 4.74 Å². The second kappa shape index (κ2) is 5.82. The summed E-state index contributed by atoms with van der Waals surface area (Å²) in [5.74, 6) is 0.947. The standard InChI is InChI=1S/C13H21NO3S/c1-13(2,3)10-6-9(8-18(5)16)12(17-4)11(7-10)14-15/h6-7,14-15H,8H2,1-5H3. The van der Waals surface area contributed by atoms with Crippen molar-refractivity contribution >= 4 is 16.9 Å². The number of ether oxygens (including phenoxy) is 1. The molecule has 2 N–H and O–H groups in total. The van der Waals surface area contributed by atoms with Gasteiger partial charge in [0.1, 0.15) is 11.4 Å². The molecule has 0 aliphatic heterocycles. The Morgan fingerprint density at radius 2 is 2.00 bits per heavy atom. The fourth-order valence-electron chi connectivity index (χ4n) is 1.77. The molecule has 1 aromatic carbocycles. The minimum absolute atomic E-state index is 0.0537. The summed E-state index contributed by atoms with van der Waals surface area (Å²) in [6.07, 6.45) is 1.65. The molecule has 0 saturated heterocycles. The Morgan fingerprint density at radius 1 is 1.39 bits per heavy atom. The summed E-state index contributed by atoms with van der Waals surface area (Å²) < 4.78 is 16.7. The van der Waals surface area contributed by atoms with E-state index in [0.29, 0.717) is 17.2 Å². The molecule has 1 rings (SSSR count). The number of methoxy groups -OCH3 is 1. The molecule has 0 spiro atoms. The number of hydrogen-bond donors (Lipinski definition) is 2. The monoisotopic (exact) mass is 271 g/mol. The summed E-state index contributed by atoms with van der Waals surface area (Å²) in [5.41, 5.74) is 4.49. The van der Waals surface area contributed by atoms with Crippen molar-refractivity contribution in [2.24, 2.45) is 0 Å². The minimum Gasteiger partial charge on any atom is -0.616 e. The van der Waals surface area contributed by atoms with Gasteiger partial charge in [0.25, 0.3) is 0 Å². The zero-order valence-corrected chi connectivity index (χ0v) is 12.4. The summed E-state index contributed by atoms with van der Waals surface area (Å²) in [6, 6.07) is 3.84. The number of rotatable bonds is 4. The van der Waals surface area contributed by atoms with Gasteiger partial charge in [-0.25, -0.2) is 0 Å². The van der Waals surface area contributed by atoms with Gasteiger partial charge < -0.3 is 9.29 Å². The molecule has 0 bridgehead atoms. The van der Waals surface area contributed by atoms with Gasteiger partial charge in [-0.2, -0.15) is 0 Å². The van der Waals surface area contributed by atoms with Gasteiger partial charge in [0.2, 0.25) is 0 Å². The quantitative estimate of drug-likeness (QED) is 0.653. The molecule has 4 nitrogen and oxygen atoms in total. The summed E-state index contributed by atoms with van der Waals surface area (Å²) in [5, 5.41) is 9.19. The van der Waals surface area contributed by atoms with Crippen LogP contribution in [-0.2, 0) is 22.3 Å². The zero-order valence-electron chi connectivity index (χ0n) is 11.5. The minimum atomic E-state index is -0.963. The smallest absolute Gasteiger partial charge is 0.152 e. The van der Waals surface area contributed by atoms with Crippen molar-refractivity contribution in [1.29, 1.82) is 0 Å². The van der Waals surface area contributed by atoms with Gasteiger partial charge in [0.15, 0.2) is 5.75 Å². The Bertz CT molecular complexity index is 413. The molecule has 1 atom stereocenters. The van der Waals surface area contributed by atoms with Crippen LogP contribution in [0.5, 0.6) is 5.75 Å². The summed E-state index contributed by atoms with van der Waals surface area (Å²) >= 11 is -0.963. The van der Waals surface area contributed by atoms with E-state index in [0.717, 1.165) is 11.1 Å². The van der Waals surface area contributed by atoms with Gasteiger partial charge in [0.05, 0.1) is 13.4 Å². The summed E-state index contributed by atoms with van der Waals surface area (Å²) in [7, 11) is 1.54. The molecular formula is C13H21NO3S. The Labute approximate surface area is 111 Å². The molecule has 0 heterocycles.